The number of fused-ring (bicyclic) bond motifs is 1. The molecular formula is C22H19ClF3N5O2S. The third kappa shape index (κ3) is 4.95. The molecule has 4 rings (SSSR count). The first kappa shape index (κ1) is 25.3. The molecule has 0 saturated heterocycles. The molecule has 3 heterocycles. The number of nitrogens with one attached hydrogen (secondary N) is 1. The molecule has 0 aliphatic carbocycles. The monoisotopic (exact) mass is 509 g/mol. The fourth-order valence-electron chi connectivity index (χ4n) is 3.17. The Bertz CT molecular complexity index is 1430. The lowest BCUT2D eigenvalue weighted by molar-refractivity contribution is -0.137. The Kier molecular flexibility index (Phi) is 7.08. The fraction of sp³-hybridized carbons (Fsp3) is 0.182. The van der Waals surface area contributed by atoms with Gasteiger partial charge in [0.05, 0.1) is 33.9 Å². The molecule has 178 valence electrons. The molecular weight excluding hydrogens is 491 g/mol. The van der Waals surface area contributed by atoms with Gasteiger partial charge >= 0.3 is 6.18 Å². The molecule has 4 aromatic rings. The molecule has 12 heteroatoms. The lowest BCUT2D eigenvalue weighted by Crippen LogP contribution is -2.15. The lowest BCUT2D eigenvalue weighted by atomic mass is 10.0. The molecule has 0 amide bonds. The zero-order chi connectivity index (χ0) is 23.8. The second-order valence-electron chi connectivity index (χ2n) is 7.46. The Labute approximate surface area is 199 Å². The molecule has 1 aromatic carbocycles. The molecule has 0 aliphatic rings. The van der Waals surface area contributed by atoms with Gasteiger partial charge in [0.1, 0.15) is 12.1 Å². The van der Waals surface area contributed by atoms with Crippen molar-refractivity contribution in [3.63, 3.8) is 0 Å². The second kappa shape index (κ2) is 9.51. The van der Waals surface area contributed by atoms with Gasteiger partial charge in [0.2, 0.25) is 0 Å². The summed E-state index contributed by atoms with van der Waals surface area (Å²) in [5.74, 6) is 0.393. The molecule has 0 radical (unpaired) electrons. The highest BCUT2D eigenvalue weighted by atomic mass is 35.5. The first-order valence-corrected chi connectivity index (χ1v) is 11.4. The predicted octanol–water partition coefficient (Wildman–Crippen LogP) is 5.45. The zero-order valence-corrected chi connectivity index (χ0v) is 19.5. The van der Waals surface area contributed by atoms with E-state index in [1.54, 1.807) is 26.0 Å². The van der Waals surface area contributed by atoms with Crippen LogP contribution >= 0.6 is 12.4 Å². The summed E-state index contributed by atoms with van der Waals surface area (Å²) in [6.45, 7) is 3.15. The Hall–Kier alpha value is -3.31. The van der Waals surface area contributed by atoms with Crippen molar-refractivity contribution in [2.75, 3.05) is 5.32 Å². The molecule has 0 fully saturated rings. The van der Waals surface area contributed by atoms with Gasteiger partial charge in [-0.25, -0.2) is 23.4 Å². The van der Waals surface area contributed by atoms with Crippen LogP contribution < -0.4 is 5.32 Å². The van der Waals surface area contributed by atoms with Crippen LogP contribution in [0.2, 0.25) is 0 Å². The summed E-state index contributed by atoms with van der Waals surface area (Å²) in [4.78, 5) is 16.3. The summed E-state index contributed by atoms with van der Waals surface area (Å²) in [5, 5.41) is 2.98. The number of sulfone groups is 1. The van der Waals surface area contributed by atoms with Crippen LogP contribution in [-0.2, 0) is 16.0 Å². The van der Waals surface area contributed by atoms with Gasteiger partial charge in [-0.15, -0.1) is 12.4 Å². The van der Waals surface area contributed by atoms with Gasteiger partial charge in [-0.05, 0) is 50.2 Å². The largest absolute Gasteiger partial charge is 0.418 e. The highest BCUT2D eigenvalue weighted by molar-refractivity contribution is 7.91. The molecule has 34 heavy (non-hydrogen) atoms. The number of rotatable bonds is 5. The van der Waals surface area contributed by atoms with E-state index in [0.29, 0.717) is 22.4 Å². The summed E-state index contributed by atoms with van der Waals surface area (Å²) in [6, 6.07) is 9.82. The minimum Gasteiger partial charge on any atom is -0.338 e. The molecule has 0 atom stereocenters. The van der Waals surface area contributed by atoms with Crippen LogP contribution in [0.4, 0.5) is 24.7 Å². The van der Waals surface area contributed by atoms with Gasteiger partial charge in [0.15, 0.2) is 14.9 Å². The first-order chi connectivity index (χ1) is 15.6. The van der Waals surface area contributed by atoms with Gasteiger partial charge < -0.3 is 5.32 Å². The molecule has 0 bridgehead atoms. The number of benzene rings is 1. The minimum absolute atomic E-state index is 0. The van der Waals surface area contributed by atoms with Crippen molar-refractivity contribution >= 4 is 44.7 Å². The average Bonchev–Trinajstić information content (AvgIpc) is 2.78. The smallest absolute Gasteiger partial charge is 0.338 e. The van der Waals surface area contributed by atoms with Crippen LogP contribution in [0.3, 0.4) is 0 Å². The van der Waals surface area contributed by atoms with Gasteiger partial charge in [0, 0.05) is 17.1 Å². The highest BCUT2D eigenvalue weighted by Crippen LogP contribution is 2.36. The van der Waals surface area contributed by atoms with Crippen LogP contribution in [0.5, 0.6) is 0 Å². The lowest BCUT2D eigenvalue weighted by Gasteiger charge is -2.13. The number of pyridine rings is 2. The number of nitrogens with zero attached hydrogens (tertiary/aromatic N) is 4. The van der Waals surface area contributed by atoms with Crippen molar-refractivity contribution < 1.29 is 21.6 Å². The second-order valence-corrected chi connectivity index (χ2v) is 9.91. The molecule has 0 spiro atoms. The van der Waals surface area contributed by atoms with Gasteiger partial charge in [-0.1, -0.05) is 6.07 Å². The van der Waals surface area contributed by atoms with E-state index in [4.69, 9.17) is 0 Å². The van der Waals surface area contributed by atoms with Crippen LogP contribution in [0.15, 0.2) is 66.2 Å². The van der Waals surface area contributed by atoms with Crippen LogP contribution in [0.25, 0.3) is 22.2 Å². The Morgan fingerprint density at radius 2 is 1.74 bits per heavy atom. The van der Waals surface area contributed by atoms with E-state index in [-0.39, 0.29) is 28.7 Å². The van der Waals surface area contributed by atoms with E-state index in [0.717, 1.165) is 6.07 Å². The number of alkyl halides is 3. The van der Waals surface area contributed by atoms with Crippen LogP contribution in [0, 0.1) is 0 Å². The minimum atomic E-state index is -4.54. The maximum absolute atomic E-state index is 13.4. The Morgan fingerprint density at radius 3 is 2.38 bits per heavy atom. The number of anilines is 2. The van der Waals surface area contributed by atoms with Crippen molar-refractivity contribution in [3.05, 3.63) is 66.7 Å². The number of hydrogen-bond acceptors (Lipinski definition) is 7. The van der Waals surface area contributed by atoms with Crippen molar-refractivity contribution in [3.8, 4) is 11.3 Å². The first-order valence-electron chi connectivity index (χ1n) is 9.81. The fourth-order valence-corrected chi connectivity index (χ4v) is 4.11. The molecule has 3 aromatic heterocycles. The number of aromatic nitrogens is 4. The van der Waals surface area contributed by atoms with E-state index in [2.05, 4.69) is 25.3 Å². The molecule has 0 aliphatic heterocycles. The Morgan fingerprint density at radius 1 is 0.971 bits per heavy atom. The van der Waals surface area contributed by atoms with E-state index < -0.39 is 26.8 Å². The molecule has 1 N–H and O–H groups in total. The van der Waals surface area contributed by atoms with E-state index in [9.17, 15) is 21.6 Å². The maximum atomic E-state index is 13.4. The van der Waals surface area contributed by atoms with E-state index in [1.807, 2.05) is 0 Å². The van der Waals surface area contributed by atoms with Crippen molar-refractivity contribution in [1.82, 2.24) is 19.9 Å². The standard InChI is InChI=1S/C22H18F3N5O2S.ClH/c1-13(2)33(31,32)19-8-6-15(11-27-19)30-21-16-7-5-14(10-18(16)28-12-29-21)20-17(22(23,24)25)4-3-9-26-20;/h3-13H,1-2H3,(H,28,29,30);1H. The summed E-state index contributed by atoms with van der Waals surface area (Å²) < 4.78 is 64.6. The summed E-state index contributed by atoms with van der Waals surface area (Å²) in [6.07, 6.45) is -0.583. The summed E-state index contributed by atoms with van der Waals surface area (Å²) >= 11 is 0. The quantitative estimate of drug-likeness (QED) is 0.382. The zero-order valence-electron chi connectivity index (χ0n) is 17.9. The van der Waals surface area contributed by atoms with Crippen LogP contribution in [-0.4, -0.2) is 33.6 Å². The van der Waals surface area contributed by atoms with Crippen LogP contribution in [0.1, 0.15) is 19.4 Å². The third-order valence-corrected chi connectivity index (χ3v) is 7.00. The highest BCUT2D eigenvalue weighted by Gasteiger charge is 2.34. The summed E-state index contributed by atoms with van der Waals surface area (Å²) in [7, 11) is -3.50. The number of hydrogen-bond donors (Lipinski definition) is 1. The third-order valence-electron chi connectivity index (χ3n) is 4.93. The molecule has 7 nitrogen and oxygen atoms in total. The van der Waals surface area contributed by atoms with Crippen molar-refractivity contribution in [1.29, 1.82) is 0 Å². The van der Waals surface area contributed by atoms with Crippen molar-refractivity contribution in [2.24, 2.45) is 0 Å². The maximum Gasteiger partial charge on any atom is 0.418 e. The number of halogens is 4. The van der Waals surface area contributed by atoms with E-state index >= 15 is 0 Å². The summed E-state index contributed by atoms with van der Waals surface area (Å²) in [5.41, 5.74) is 0.150. The van der Waals surface area contributed by atoms with Crippen molar-refractivity contribution in [2.45, 2.75) is 30.3 Å². The average molecular weight is 510 g/mol. The van der Waals surface area contributed by atoms with E-state index in [1.165, 1.54) is 43.0 Å². The molecule has 0 saturated carbocycles. The van der Waals surface area contributed by atoms with Gasteiger partial charge in [-0.3, -0.25) is 4.98 Å². The molecule has 0 unspecified atom stereocenters. The topological polar surface area (TPSA) is 97.7 Å². The SMILES string of the molecule is CC(C)S(=O)(=O)c1ccc(Nc2ncnc3cc(-c4ncccc4C(F)(F)F)ccc23)cn1.Cl. The Balaban J connectivity index is 0.00000324. The predicted molar refractivity (Wildman–Crippen MR) is 125 cm³/mol. The normalized spacial score (nSPS) is 11.9. The van der Waals surface area contributed by atoms with Gasteiger partial charge in [0.25, 0.3) is 0 Å². The van der Waals surface area contributed by atoms with Gasteiger partial charge in [-0.2, -0.15) is 13.2 Å².